The number of aryl methyl sites for hydroxylation is 1. The van der Waals surface area contributed by atoms with Crippen LogP contribution >= 0.6 is 0 Å². The minimum absolute atomic E-state index is 0.447. The average Bonchev–Trinajstić information content (AvgIpc) is 2.78. The van der Waals surface area contributed by atoms with Crippen LogP contribution in [0.4, 0.5) is 5.82 Å². The number of benzene rings is 1. The van der Waals surface area contributed by atoms with Gasteiger partial charge in [0, 0.05) is 25.8 Å². The van der Waals surface area contributed by atoms with Crippen LogP contribution in [-0.4, -0.2) is 31.1 Å². The molecule has 0 amide bonds. The lowest BCUT2D eigenvalue weighted by molar-refractivity contribution is 0.181. The maximum absolute atomic E-state index is 5.85. The molecule has 2 rings (SSSR count). The Morgan fingerprint density at radius 2 is 1.95 bits per heavy atom. The third-order valence-electron chi connectivity index (χ3n) is 3.10. The van der Waals surface area contributed by atoms with Gasteiger partial charge in [0.15, 0.2) is 0 Å². The van der Waals surface area contributed by atoms with E-state index in [2.05, 4.69) is 5.10 Å². The minimum atomic E-state index is 0.447. The monoisotopic (exact) mass is 277 g/mol. The van der Waals surface area contributed by atoms with Crippen LogP contribution in [0.25, 0.3) is 11.3 Å². The zero-order valence-electron chi connectivity index (χ0n) is 12.1. The maximum Gasteiger partial charge on any atom is 0.137 e. The minimum Gasteiger partial charge on any atom is -0.496 e. The summed E-state index contributed by atoms with van der Waals surface area (Å²) in [6.07, 6.45) is 0. The van der Waals surface area contributed by atoms with Crippen LogP contribution in [-0.2, 0) is 18.4 Å². The Morgan fingerprint density at radius 3 is 2.45 bits per heavy atom. The van der Waals surface area contributed by atoms with Crippen molar-refractivity contribution in [3.8, 4) is 22.8 Å². The summed E-state index contributed by atoms with van der Waals surface area (Å²) in [4.78, 5) is 0. The molecular formula is C14H19N3O3. The van der Waals surface area contributed by atoms with E-state index in [1.54, 1.807) is 39.1 Å². The van der Waals surface area contributed by atoms with Crippen molar-refractivity contribution in [1.29, 1.82) is 0 Å². The highest BCUT2D eigenvalue weighted by molar-refractivity contribution is 5.77. The van der Waals surface area contributed by atoms with Gasteiger partial charge in [-0.25, -0.2) is 0 Å². The number of nitrogen functional groups attached to an aromatic ring is 1. The van der Waals surface area contributed by atoms with Crippen molar-refractivity contribution >= 4 is 5.82 Å². The highest BCUT2D eigenvalue weighted by Crippen LogP contribution is 2.40. The molecule has 2 aromatic rings. The van der Waals surface area contributed by atoms with E-state index in [1.807, 2.05) is 12.1 Å². The Morgan fingerprint density at radius 1 is 1.20 bits per heavy atom. The standard InChI is InChI=1S/C14H19N3O3/c1-17-12(15)7-10(16-17)13-11(19-3)6-5-9(8-18-2)14(13)20-4/h5-7H,8,15H2,1-4H3. The lowest BCUT2D eigenvalue weighted by Crippen LogP contribution is -2.00. The van der Waals surface area contributed by atoms with Crippen LogP contribution in [0, 0.1) is 0 Å². The van der Waals surface area contributed by atoms with Crippen molar-refractivity contribution in [2.75, 3.05) is 27.1 Å². The molecule has 0 spiro atoms. The molecule has 108 valence electrons. The van der Waals surface area contributed by atoms with Crippen LogP contribution in [0.3, 0.4) is 0 Å². The van der Waals surface area contributed by atoms with Crippen molar-refractivity contribution < 1.29 is 14.2 Å². The van der Waals surface area contributed by atoms with Crippen LogP contribution in [0.15, 0.2) is 18.2 Å². The number of rotatable bonds is 5. The molecule has 0 saturated carbocycles. The predicted molar refractivity (Wildman–Crippen MR) is 76.9 cm³/mol. The van der Waals surface area contributed by atoms with Gasteiger partial charge in [0.05, 0.1) is 26.4 Å². The van der Waals surface area contributed by atoms with E-state index < -0.39 is 0 Å². The van der Waals surface area contributed by atoms with Crippen molar-refractivity contribution in [2.24, 2.45) is 7.05 Å². The highest BCUT2D eigenvalue weighted by atomic mass is 16.5. The van der Waals surface area contributed by atoms with Gasteiger partial charge < -0.3 is 19.9 Å². The topological polar surface area (TPSA) is 71.5 Å². The van der Waals surface area contributed by atoms with Gasteiger partial charge >= 0.3 is 0 Å². The van der Waals surface area contributed by atoms with E-state index in [1.165, 1.54) is 0 Å². The Labute approximate surface area is 118 Å². The van der Waals surface area contributed by atoms with Crippen LogP contribution in [0.5, 0.6) is 11.5 Å². The van der Waals surface area contributed by atoms with Crippen molar-refractivity contribution in [3.63, 3.8) is 0 Å². The van der Waals surface area contributed by atoms with Gasteiger partial charge in [-0.1, -0.05) is 0 Å². The second-order valence-corrected chi connectivity index (χ2v) is 4.35. The lowest BCUT2D eigenvalue weighted by atomic mass is 10.0. The summed E-state index contributed by atoms with van der Waals surface area (Å²) in [7, 11) is 6.66. The van der Waals surface area contributed by atoms with Gasteiger partial charge in [-0.3, -0.25) is 4.68 Å². The van der Waals surface area contributed by atoms with Crippen LogP contribution in [0.1, 0.15) is 5.56 Å². The van der Waals surface area contributed by atoms with Gasteiger partial charge in [-0.2, -0.15) is 5.10 Å². The molecule has 20 heavy (non-hydrogen) atoms. The summed E-state index contributed by atoms with van der Waals surface area (Å²) < 4.78 is 17.7. The molecule has 1 heterocycles. The number of anilines is 1. The first-order chi connectivity index (χ1) is 9.62. The predicted octanol–water partition coefficient (Wildman–Crippen LogP) is 1.83. The normalized spacial score (nSPS) is 10.6. The second kappa shape index (κ2) is 5.83. The fourth-order valence-corrected chi connectivity index (χ4v) is 2.13. The lowest BCUT2D eigenvalue weighted by Gasteiger charge is -2.15. The fraction of sp³-hybridized carbons (Fsp3) is 0.357. The quantitative estimate of drug-likeness (QED) is 0.902. The zero-order valence-corrected chi connectivity index (χ0v) is 12.1. The van der Waals surface area contributed by atoms with E-state index in [0.717, 1.165) is 11.1 Å². The van der Waals surface area contributed by atoms with Gasteiger partial charge in [-0.05, 0) is 12.1 Å². The SMILES string of the molecule is COCc1ccc(OC)c(-c2cc(N)n(C)n2)c1OC. The summed E-state index contributed by atoms with van der Waals surface area (Å²) in [5.74, 6) is 1.94. The summed E-state index contributed by atoms with van der Waals surface area (Å²) in [6, 6.07) is 5.57. The largest absolute Gasteiger partial charge is 0.496 e. The molecule has 0 aliphatic rings. The second-order valence-electron chi connectivity index (χ2n) is 4.35. The van der Waals surface area contributed by atoms with E-state index in [9.17, 15) is 0 Å². The maximum atomic E-state index is 5.85. The third kappa shape index (κ3) is 2.42. The molecule has 1 aromatic carbocycles. The average molecular weight is 277 g/mol. The van der Waals surface area contributed by atoms with Crippen molar-refractivity contribution in [2.45, 2.75) is 6.61 Å². The first kappa shape index (κ1) is 14.2. The zero-order chi connectivity index (χ0) is 14.7. The smallest absolute Gasteiger partial charge is 0.137 e. The van der Waals surface area contributed by atoms with Gasteiger partial charge in [-0.15, -0.1) is 0 Å². The fourth-order valence-electron chi connectivity index (χ4n) is 2.13. The van der Waals surface area contributed by atoms with Crippen LogP contribution in [0.2, 0.25) is 0 Å². The number of aromatic nitrogens is 2. The molecule has 0 aliphatic carbocycles. The summed E-state index contributed by atoms with van der Waals surface area (Å²) in [6.45, 7) is 0.447. The van der Waals surface area contributed by atoms with E-state index in [0.29, 0.717) is 29.6 Å². The van der Waals surface area contributed by atoms with E-state index in [4.69, 9.17) is 19.9 Å². The number of hydrogen-bond donors (Lipinski definition) is 1. The number of hydrogen-bond acceptors (Lipinski definition) is 5. The molecule has 0 aliphatic heterocycles. The molecule has 6 nitrogen and oxygen atoms in total. The highest BCUT2D eigenvalue weighted by Gasteiger charge is 2.19. The molecule has 0 atom stereocenters. The van der Waals surface area contributed by atoms with Crippen LogP contribution < -0.4 is 15.2 Å². The Kier molecular flexibility index (Phi) is 4.14. The molecule has 0 saturated heterocycles. The molecule has 0 bridgehead atoms. The van der Waals surface area contributed by atoms with Crippen molar-refractivity contribution in [1.82, 2.24) is 9.78 Å². The number of nitrogens with zero attached hydrogens (tertiary/aromatic N) is 2. The van der Waals surface area contributed by atoms with Gasteiger partial charge in [0.1, 0.15) is 23.0 Å². The Balaban J connectivity index is 2.66. The van der Waals surface area contributed by atoms with Gasteiger partial charge in [0.25, 0.3) is 0 Å². The number of methoxy groups -OCH3 is 3. The first-order valence-electron chi connectivity index (χ1n) is 6.15. The van der Waals surface area contributed by atoms with E-state index in [-0.39, 0.29) is 0 Å². The first-order valence-corrected chi connectivity index (χ1v) is 6.15. The number of nitrogens with two attached hydrogens (primary N) is 1. The molecule has 1 aromatic heterocycles. The Bertz CT molecular complexity index is 588. The summed E-state index contributed by atoms with van der Waals surface area (Å²) in [5, 5.41) is 4.39. The van der Waals surface area contributed by atoms with E-state index >= 15 is 0 Å². The number of ether oxygens (including phenoxy) is 3. The van der Waals surface area contributed by atoms with Gasteiger partial charge in [0.2, 0.25) is 0 Å². The third-order valence-corrected chi connectivity index (χ3v) is 3.10. The summed E-state index contributed by atoms with van der Waals surface area (Å²) >= 11 is 0. The molecule has 2 N–H and O–H groups in total. The van der Waals surface area contributed by atoms with Crippen molar-refractivity contribution in [3.05, 3.63) is 23.8 Å². The Hall–Kier alpha value is -2.21. The molecule has 0 fully saturated rings. The molecule has 0 unspecified atom stereocenters. The molecule has 0 radical (unpaired) electrons. The molecule has 6 heteroatoms. The summed E-state index contributed by atoms with van der Waals surface area (Å²) in [5.41, 5.74) is 8.26. The molecular weight excluding hydrogens is 258 g/mol.